The Kier molecular flexibility index (Phi) is 3.90. The van der Waals surface area contributed by atoms with Crippen molar-refractivity contribution in [2.24, 2.45) is 11.8 Å². The smallest absolute Gasteiger partial charge is 0.130 e. The van der Waals surface area contributed by atoms with Gasteiger partial charge < -0.3 is 10.2 Å². The lowest BCUT2D eigenvalue weighted by Gasteiger charge is -2.24. The van der Waals surface area contributed by atoms with Crippen LogP contribution in [0.15, 0.2) is 18.2 Å². The first-order valence-electron chi connectivity index (χ1n) is 7.81. The van der Waals surface area contributed by atoms with Gasteiger partial charge in [-0.2, -0.15) is 0 Å². The van der Waals surface area contributed by atoms with Gasteiger partial charge in [-0.15, -0.1) is 0 Å². The Morgan fingerprint density at radius 1 is 1.16 bits per heavy atom. The van der Waals surface area contributed by atoms with E-state index in [0.29, 0.717) is 0 Å². The SMILES string of the molecule is CCCNc1cccc(N(CC2CC2)CC2CC2)n1. The van der Waals surface area contributed by atoms with E-state index in [1.54, 1.807) is 0 Å². The molecular formula is C16H25N3. The molecule has 1 N–H and O–H groups in total. The lowest BCUT2D eigenvalue weighted by atomic mass is 10.3. The zero-order valence-corrected chi connectivity index (χ0v) is 11.9. The molecule has 19 heavy (non-hydrogen) atoms. The van der Waals surface area contributed by atoms with Crippen LogP contribution in [-0.2, 0) is 0 Å². The first-order valence-corrected chi connectivity index (χ1v) is 7.81. The highest BCUT2D eigenvalue weighted by Gasteiger charge is 2.29. The molecule has 1 aromatic rings. The van der Waals surface area contributed by atoms with E-state index in [1.807, 2.05) is 0 Å². The van der Waals surface area contributed by atoms with E-state index in [-0.39, 0.29) is 0 Å². The molecule has 2 aliphatic carbocycles. The van der Waals surface area contributed by atoms with Crippen molar-refractivity contribution in [3.63, 3.8) is 0 Å². The highest BCUT2D eigenvalue weighted by atomic mass is 15.2. The summed E-state index contributed by atoms with van der Waals surface area (Å²) in [6, 6.07) is 6.38. The van der Waals surface area contributed by atoms with Gasteiger partial charge in [-0.25, -0.2) is 4.98 Å². The Labute approximate surface area is 116 Å². The summed E-state index contributed by atoms with van der Waals surface area (Å²) in [5.41, 5.74) is 0. The van der Waals surface area contributed by atoms with Crippen LogP contribution >= 0.6 is 0 Å². The number of hydrogen-bond donors (Lipinski definition) is 1. The fraction of sp³-hybridized carbons (Fsp3) is 0.688. The van der Waals surface area contributed by atoms with Gasteiger partial charge in [0.2, 0.25) is 0 Å². The summed E-state index contributed by atoms with van der Waals surface area (Å²) in [6.45, 7) is 5.60. The second-order valence-electron chi connectivity index (χ2n) is 6.10. The maximum absolute atomic E-state index is 4.79. The molecule has 0 spiro atoms. The van der Waals surface area contributed by atoms with E-state index >= 15 is 0 Å². The van der Waals surface area contributed by atoms with Crippen LogP contribution in [0.3, 0.4) is 0 Å². The number of nitrogens with zero attached hydrogens (tertiary/aromatic N) is 2. The van der Waals surface area contributed by atoms with E-state index in [9.17, 15) is 0 Å². The van der Waals surface area contributed by atoms with Gasteiger partial charge in [-0.3, -0.25) is 0 Å². The largest absolute Gasteiger partial charge is 0.370 e. The minimum atomic E-state index is 0.924. The van der Waals surface area contributed by atoms with Crippen LogP contribution in [0.5, 0.6) is 0 Å². The van der Waals surface area contributed by atoms with E-state index in [0.717, 1.165) is 30.6 Å². The molecule has 0 unspecified atom stereocenters. The quantitative estimate of drug-likeness (QED) is 0.774. The Hall–Kier alpha value is -1.25. The van der Waals surface area contributed by atoms with Crippen molar-refractivity contribution in [3.05, 3.63) is 18.2 Å². The fourth-order valence-corrected chi connectivity index (χ4v) is 2.44. The molecule has 0 bridgehead atoms. The molecule has 0 amide bonds. The Balaban J connectivity index is 1.67. The van der Waals surface area contributed by atoms with Gasteiger partial charge in [0.1, 0.15) is 11.6 Å². The third-order valence-corrected chi connectivity index (χ3v) is 3.97. The number of pyridine rings is 1. The minimum absolute atomic E-state index is 0.924. The van der Waals surface area contributed by atoms with Crippen molar-refractivity contribution in [2.45, 2.75) is 39.0 Å². The third-order valence-electron chi connectivity index (χ3n) is 3.97. The zero-order valence-electron chi connectivity index (χ0n) is 11.9. The van der Waals surface area contributed by atoms with Crippen molar-refractivity contribution >= 4 is 11.6 Å². The molecule has 2 aliphatic rings. The van der Waals surface area contributed by atoms with E-state index in [2.05, 4.69) is 35.3 Å². The summed E-state index contributed by atoms with van der Waals surface area (Å²) >= 11 is 0. The topological polar surface area (TPSA) is 28.2 Å². The second-order valence-corrected chi connectivity index (χ2v) is 6.10. The number of rotatable bonds is 8. The molecule has 3 rings (SSSR count). The fourth-order valence-electron chi connectivity index (χ4n) is 2.44. The van der Waals surface area contributed by atoms with Crippen LogP contribution in [0.4, 0.5) is 11.6 Å². The molecule has 104 valence electrons. The number of hydrogen-bond acceptors (Lipinski definition) is 3. The first-order chi connectivity index (χ1) is 9.35. The average molecular weight is 259 g/mol. The number of aromatic nitrogens is 1. The van der Waals surface area contributed by atoms with Crippen molar-refractivity contribution < 1.29 is 0 Å². The highest BCUT2D eigenvalue weighted by molar-refractivity contribution is 5.47. The normalized spacial score (nSPS) is 18.4. The standard InChI is InChI=1S/C16H25N3/c1-2-10-17-15-4-3-5-16(18-15)19(11-13-6-7-13)12-14-8-9-14/h3-5,13-14H,2,6-12H2,1H3,(H,17,18). The summed E-state index contributed by atoms with van der Waals surface area (Å²) in [6.07, 6.45) is 6.79. The van der Waals surface area contributed by atoms with Gasteiger partial charge in [0.15, 0.2) is 0 Å². The minimum Gasteiger partial charge on any atom is -0.370 e. The van der Waals surface area contributed by atoms with Gasteiger partial charge in [0.05, 0.1) is 0 Å². The molecule has 3 nitrogen and oxygen atoms in total. The molecule has 0 radical (unpaired) electrons. The summed E-state index contributed by atoms with van der Waals surface area (Å²) in [4.78, 5) is 7.31. The van der Waals surface area contributed by atoms with Crippen molar-refractivity contribution in [1.29, 1.82) is 0 Å². The number of nitrogens with one attached hydrogen (secondary N) is 1. The van der Waals surface area contributed by atoms with Gasteiger partial charge >= 0.3 is 0 Å². The van der Waals surface area contributed by atoms with E-state index < -0.39 is 0 Å². The lowest BCUT2D eigenvalue weighted by Crippen LogP contribution is -2.29. The van der Waals surface area contributed by atoms with Crippen LogP contribution in [0, 0.1) is 11.8 Å². The van der Waals surface area contributed by atoms with Crippen molar-refractivity contribution in [2.75, 3.05) is 29.9 Å². The van der Waals surface area contributed by atoms with Crippen molar-refractivity contribution in [3.8, 4) is 0 Å². The van der Waals surface area contributed by atoms with E-state index in [4.69, 9.17) is 4.98 Å². The maximum Gasteiger partial charge on any atom is 0.130 e. The average Bonchev–Trinajstić information content (AvgIpc) is 3.31. The van der Waals surface area contributed by atoms with Crippen LogP contribution in [-0.4, -0.2) is 24.6 Å². The Morgan fingerprint density at radius 2 is 1.84 bits per heavy atom. The summed E-state index contributed by atoms with van der Waals surface area (Å²) < 4.78 is 0. The van der Waals surface area contributed by atoms with Crippen LogP contribution in [0.2, 0.25) is 0 Å². The molecule has 2 saturated carbocycles. The summed E-state index contributed by atoms with van der Waals surface area (Å²) in [7, 11) is 0. The van der Waals surface area contributed by atoms with Crippen molar-refractivity contribution in [1.82, 2.24) is 4.98 Å². The van der Waals surface area contributed by atoms with Crippen LogP contribution in [0.25, 0.3) is 0 Å². The predicted molar refractivity (Wildman–Crippen MR) is 80.7 cm³/mol. The summed E-state index contributed by atoms with van der Waals surface area (Å²) in [5.74, 6) is 4.04. The van der Waals surface area contributed by atoms with Crippen LogP contribution in [0.1, 0.15) is 39.0 Å². The third kappa shape index (κ3) is 3.85. The molecule has 0 saturated heterocycles. The predicted octanol–water partition coefficient (Wildman–Crippen LogP) is 3.53. The van der Waals surface area contributed by atoms with Gasteiger partial charge in [-0.1, -0.05) is 13.0 Å². The molecule has 0 atom stereocenters. The first kappa shape index (κ1) is 12.8. The van der Waals surface area contributed by atoms with E-state index in [1.165, 1.54) is 44.6 Å². The molecule has 3 heteroatoms. The molecule has 1 heterocycles. The maximum atomic E-state index is 4.79. The number of anilines is 2. The van der Waals surface area contributed by atoms with Gasteiger partial charge in [-0.05, 0) is 56.1 Å². The monoisotopic (exact) mass is 259 g/mol. The lowest BCUT2D eigenvalue weighted by molar-refractivity contribution is 0.672. The molecular weight excluding hydrogens is 234 g/mol. The summed E-state index contributed by atoms with van der Waals surface area (Å²) in [5, 5.41) is 3.39. The highest BCUT2D eigenvalue weighted by Crippen LogP contribution is 2.35. The van der Waals surface area contributed by atoms with Gasteiger partial charge in [0.25, 0.3) is 0 Å². The Morgan fingerprint density at radius 3 is 2.42 bits per heavy atom. The molecule has 0 aliphatic heterocycles. The molecule has 0 aromatic carbocycles. The zero-order chi connectivity index (χ0) is 13.1. The Bertz CT molecular complexity index is 396. The van der Waals surface area contributed by atoms with Crippen LogP contribution < -0.4 is 10.2 Å². The molecule has 1 aromatic heterocycles. The van der Waals surface area contributed by atoms with Gasteiger partial charge in [0, 0.05) is 19.6 Å². The second kappa shape index (κ2) is 5.81. The molecule has 2 fully saturated rings.